The van der Waals surface area contributed by atoms with E-state index < -0.39 is 0 Å². The van der Waals surface area contributed by atoms with Gasteiger partial charge >= 0.3 is 0 Å². The van der Waals surface area contributed by atoms with Gasteiger partial charge < -0.3 is 4.74 Å². The van der Waals surface area contributed by atoms with E-state index in [0.717, 1.165) is 37.5 Å². The van der Waals surface area contributed by atoms with Crippen molar-refractivity contribution >= 4 is 11.6 Å². The van der Waals surface area contributed by atoms with Crippen LogP contribution in [0.4, 0.5) is 0 Å². The van der Waals surface area contributed by atoms with E-state index in [2.05, 4.69) is 13.0 Å². The molecule has 0 N–H and O–H groups in total. The molecule has 1 rings (SSSR count). The number of hydrogen-bond donors (Lipinski definition) is 0. The molecule has 0 aliphatic carbocycles. The summed E-state index contributed by atoms with van der Waals surface area (Å²) in [7, 11) is 0. The molecule has 0 atom stereocenters. The van der Waals surface area contributed by atoms with Crippen molar-refractivity contribution in [1.82, 2.24) is 0 Å². The SMILES string of the molecule is CCCOCCCCCc1ccccc1Cl. The minimum atomic E-state index is 0.893. The lowest BCUT2D eigenvalue weighted by Crippen LogP contribution is -1.96. The van der Waals surface area contributed by atoms with Crippen LogP contribution >= 0.6 is 11.6 Å². The quantitative estimate of drug-likeness (QED) is 0.609. The van der Waals surface area contributed by atoms with E-state index in [0.29, 0.717) is 0 Å². The largest absolute Gasteiger partial charge is 0.381 e. The first-order valence-corrected chi connectivity index (χ1v) is 6.53. The van der Waals surface area contributed by atoms with Crippen LogP contribution < -0.4 is 0 Å². The van der Waals surface area contributed by atoms with Gasteiger partial charge in [0.05, 0.1) is 0 Å². The Kier molecular flexibility index (Phi) is 7.28. The first-order chi connectivity index (χ1) is 7.84. The highest BCUT2D eigenvalue weighted by Crippen LogP contribution is 2.17. The van der Waals surface area contributed by atoms with Gasteiger partial charge in [0.2, 0.25) is 0 Å². The molecule has 0 amide bonds. The second kappa shape index (κ2) is 8.60. The minimum absolute atomic E-state index is 0.893. The monoisotopic (exact) mass is 240 g/mol. The third kappa shape index (κ3) is 5.53. The first kappa shape index (κ1) is 13.5. The van der Waals surface area contributed by atoms with E-state index >= 15 is 0 Å². The molecule has 0 bridgehead atoms. The Morgan fingerprint density at radius 3 is 2.62 bits per heavy atom. The fourth-order valence-electron chi connectivity index (χ4n) is 1.64. The third-order valence-electron chi connectivity index (χ3n) is 2.54. The lowest BCUT2D eigenvalue weighted by atomic mass is 10.1. The molecular weight excluding hydrogens is 220 g/mol. The van der Waals surface area contributed by atoms with Crippen molar-refractivity contribution in [2.45, 2.75) is 39.0 Å². The van der Waals surface area contributed by atoms with E-state index in [1.54, 1.807) is 0 Å². The van der Waals surface area contributed by atoms with Crippen molar-refractivity contribution in [2.24, 2.45) is 0 Å². The maximum Gasteiger partial charge on any atom is 0.0466 e. The Balaban J connectivity index is 2.05. The van der Waals surface area contributed by atoms with Crippen LogP contribution in [0.25, 0.3) is 0 Å². The standard InChI is InChI=1S/C14H21ClO/c1-2-11-16-12-7-3-4-8-13-9-5-6-10-14(13)15/h5-6,9-10H,2-4,7-8,11-12H2,1H3. The summed E-state index contributed by atoms with van der Waals surface area (Å²) in [6.45, 7) is 3.93. The molecule has 16 heavy (non-hydrogen) atoms. The molecule has 0 saturated heterocycles. The Bertz CT molecular complexity index is 286. The van der Waals surface area contributed by atoms with Crippen molar-refractivity contribution in [2.75, 3.05) is 13.2 Å². The summed E-state index contributed by atoms with van der Waals surface area (Å²) >= 11 is 6.08. The number of rotatable bonds is 8. The van der Waals surface area contributed by atoms with Crippen molar-refractivity contribution in [3.05, 3.63) is 34.9 Å². The van der Waals surface area contributed by atoms with E-state index in [1.165, 1.54) is 18.4 Å². The van der Waals surface area contributed by atoms with Gasteiger partial charge in [0.1, 0.15) is 0 Å². The number of ether oxygens (including phenoxy) is 1. The zero-order valence-corrected chi connectivity index (χ0v) is 10.8. The maximum atomic E-state index is 6.08. The smallest absolute Gasteiger partial charge is 0.0466 e. The second-order valence-electron chi connectivity index (χ2n) is 4.01. The molecule has 0 aromatic heterocycles. The molecule has 2 heteroatoms. The molecule has 0 radical (unpaired) electrons. The molecule has 0 heterocycles. The summed E-state index contributed by atoms with van der Waals surface area (Å²) in [5.74, 6) is 0. The fraction of sp³-hybridized carbons (Fsp3) is 0.571. The van der Waals surface area contributed by atoms with Gasteiger partial charge in [-0.1, -0.05) is 43.1 Å². The van der Waals surface area contributed by atoms with Gasteiger partial charge in [-0.15, -0.1) is 0 Å². The highest BCUT2D eigenvalue weighted by Gasteiger charge is 1.98. The van der Waals surface area contributed by atoms with E-state index in [4.69, 9.17) is 16.3 Å². The molecule has 0 unspecified atom stereocenters. The lowest BCUT2D eigenvalue weighted by Gasteiger charge is -2.04. The van der Waals surface area contributed by atoms with Crippen LogP contribution in [0.5, 0.6) is 0 Å². The molecule has 0 aliphatic heterocycles. The molecule has 0 aliphatic rings. The molecule has 1 aromatic carbocycles. The predicted octanol–water partition coefficient (Wildman–Crippen LogP) is 4.48. The summed E-state index contributed by atoms with van der Waals surface area (Å²) in [5, 5.41) is 0.893. The Morgan fingerprint density at radius 1 is 1.06 bits per heavy atom. The fourth-order valence-corrected chi connectivity index (χ4v) is 1.87. The van der Waals surface area contributed by atoms with Crippen molar-refractivity contribution in [3.8, 4) is 0 Å². The van der Waals surface area contributed by atoms with Gasteiger partial charge in [0, 0.05) is 18.2 Å². The van der Waals surface area contributed by atoms with Crippen molar-refractivity contribution in [1.29, 1.82) is 0 Å². The normalized spacial score (nSPS) is 10.6. The molecule has 90 valence electrons. The van der Waals surface area contributed by atoms with Gasteiger partial charge in [-0.3, -0.25) is 0 Å². The average molecular weight is 241 g/mol. The summed E-state index contributed by atoms with van der Waals surface area (Å²) in [4.78, 5) is 0. The van der Waals surface area contributed by atoms with Crippen LogP contribution in [0.2, 0.25) is 5.02 Å². The maximum absolute atomic E-state index is 6.08. The van der Waals surface area contributed by atoms with Crippen LogP contribution in [-0.4, -0.2) is 13.2 Å². The topological polar surface area (TPSA) is 9.23 Å². The van der Waals surface area contributed by atoms with Crippen LogP contribution in [0.15, 0.2) is 24.3 Å². The van der Waals surface area contributed by atoms with Gasteiger partial charge in [-0.2, -0.15) is 0 Å². The van der Waals surface area contributed by atoms with Crippen LogP contribution in [0, 0.1) is 0 Å². The second-order valence-corrected chi connectivity index (χ2v) is 4.42. The summed E-state index contributed by atoms with van der Waals surface area (Å²) in [6.07, 6.45) is 5.76. The number of aryl methyl sites for hydroxylation is 1. The van der Waals surface area contributed by atoms with Crippen LogP contribution in [-0.2, 0) is 11.2 Å². The molecule has 0 fully saturated rings. The summed E-state index contributed by atoms with van der Waals surface area (Å²) in [5.41, 5.74) is 1.26. The van der Waals surface area contributed by atoms with Crippen LogP contribution in [0.1, 0.15) is 38.2 Å². The zero-order chi connectivity index (χ0) is 11.6. The highest BCUT2D eigenvalue weighted by atomic mass is 35.5. The van der Waals surface area contributed by atoms with Crippen LogP contribution in [0.3, 0.4) is 0 Å². The van der Waals surface area contributed by atoms with Gasteiger partial charge in [0.15, 0.2) is 0 Å². The minimum Gasteiger partial charge on any atom is -0.381 e. The average Bonchev–Trinajstić information content (AvgIpc) is 2.30. The van der Waals surface area contributed by atoms with E-state index in [1.807, 2.05) is 18.2 Å². The van der Waals surface area contributed by atoms with Gasteiger partial charge in [-0.25, -0.2) is 0 Å². The molecule has 1 aromatic rings. The van der Waals surface area contributed by atoms with Crippen molar-refractivity contribution < 1.29 is 4.74 Å². The van der Waals surface area contributed by atoms with E-state index in [9.17, 15) is 0 Å². The molecular formula is C14H21ClO. The number of halogens is 1. The summed E-state index contributed by atoms with van der Waals surface area (Å²) < 4.78 is 5.43. The Labute approximate surface area is 104 Å². The highest BCUT2D eigenvalue weighted by molar-refractivity contribution is 6.31. The predicted molar refractivity (Wildman–Crippen MR) is 70.1 cm³/mol. The van der Waals surface area contributed by atoms with E-state index in [-0.39, 0.29) is 0 Å². The first-order valence-electron chi connectivity index (χ1n) is 6.15. The Hall–Kier alpha value is -0.530. The zero-order valence-electron chi connectivity index (χ0n) is 10.0. The number of unbranched alkanes of at least 4 members (excludes halogenated alkanes) is 2. The molecule has 1 nitrogen and oxygen atoms in total. The van der Waals surface area contributed by atoms with Crippen molar-refractivity contribution in [3.63, 3.8) is 0 Å². The number of benzene rings is 1. The number of hydrogen-bond acceptors (Lipinski definition) is 1. The van der Waals surface area contributed by atoms with Gasteiger partial charge in [-0.05, 0) is 37.3 Å². The third-order valence-corrected chi connectivity index (χ3v) is 2.91. The Morgan fingerprint density at radius 2 is 1.88 bits per heavy atom. The molecule has 0 saturated carbocycles. The summed E-state index contributed by atoms with van der Waals surface area (Å²) in [6, 6.07) is 8.09. The van der Waals surface area contributed by atoms with Gasteiger partial charge in [0.25, 0.3) is 0 Å². The lowest BCUT2D eigenvalue weighted by molar-refractivity contribution is 0.130. The molecule has 0 spiro atoms.